The van der Waals surface area contributed by atoms with Gasteiger partial charge < -0.3 is 10.2 Å². The number of amides is 1. The molecule has 3 heterocycles. The van der Waals surface area contributed by atoms with Crippen molar-refractivity contribution in [2.45, 2.75) is 32.2 Å². The monoisotopic (exact) mass is 308 g/mol. The summed E-state index contributed by atoms with van der Waals surface area (Å²) in [6.45, 7) is 8.25. The van der Waals surface area contributed by atoms with E-state index in [9.17, 15) is 4.79 Å². The Morgan fingerprint density at radius 3 is 3.00 bits per heavy atom. The number of hydrogen-bond acceptors (Lipinski definition) is 5. The lowest BCUT2D eigenvalue weighted by Crippen LogP contribution is -2.49. The maximum absolute atomic E-state index is 12.6. The van der Waals surface area contributed by atoms with Gasteiger partial charge in [-0.1, -0.05) is 6.92 Å². The number of aryl methyl sites for hydroxylation is 1. The topological polar surface area (TPSA) is 48.5 Å². The number of likely N-dealkylation sites (tertiary alicyclic amines) is 1. The van der Waals surface area contributed by atoms with Gasteiger partial charge in [0.15, 0.2) is 0 Å². The summed E-state index contributed by atoms with van der Waals surface area (Å²) >= 11 is 1.56. The molecule has 0 aliphatic carbocycles. The molecule has 0 radical (unpaired) electrons. The van der Waals surface area contributed by atoms with Crippen molar-refractivity contribution in [2.24, 2.45) is 0 Å². The van der Waals surface area contributed by atoms with Gasteiger partial charge in [-0.25, -0.2) is 4.98 Å². The van der Waals surface area contributed by atoms with Gasteiger partial charge in [0.1, 0.15) is 4.88 Å². The van der Waals surface area contributed by atoms with Crippen LogP contribution in [0.2, 0.25) is 0 Å². The number of nitrogens with one attached hydrogen (secondary N) is 1. The predicted molar refractivity (Wildman–Crippen MR) is 84.9 cm³/mol. The molecular formula is C15H24N4OS. The van der Waals surface area contributed by atoms with Crippen LogP contribution >= 0.6 is 11.3 Å². The van der Waals surface area contributed by atoms with Crippen LogP contribution in [0.3, 0.4) is 0 Å². The van der Waals surface area contributed by atoms with Crippen molar-refractivity contribution in [1.82, 2.24) is 20.1 Å². The van der Waals surface area contributed by atoms with Crippen molar-refractivity contribution in [3.05, 3.63) is 16.1 Å². The molecule has 2 aliphatic heterocycles. The number of thiazole rings is 1. The Bertz CT molecular complexity index is 484. The molecule has 0 bridgehead atoms. The Morgan fingerprint density at radius 1 is 1.43 bits per heavy atom. The minimum atomic E-state index is 0.174. The number of rotatable bonds is 4. The highest BCUT2D eigenvalue weighted by atomic mass is 32.1. The summed E-state index contributed by atoms with van der Waals surface area (Å²) < 4.78 is 0. The van der Waals surface area contributed by atoms with Crippen LogP contribution in [0.25, 0.3) is 0 Å². The van der Waals surface area contributed by atoms with Crippen LogP contribution < -0.4 is 5.32 Å². The second kappa shape index (κ2) is 6.85. The lowest BCUT2D eigenvalue weighted by atomic mass is 10.2. The molecule has 1 aromatic heterocycles. The van der Waals surface area contributed by atoms with E-state index in [1.54, 1.807) is 17.5 Å². The Balaban J connectivity index is 1.58. The third-order valence-corrected chi connectivity index (χ3v) is 5.39. The SMILES string of the molecule is CCCc1ncc(C(=O)N2CCC(N3CCNCC3)C2)s1. The molecule has 5 nitrogen and oxygen atoms in total. The van der Waals surface area contributed by atoms with Crippen LogP contribution in [0.4, 0.5) is 0 Å². The largest absolute Gasteiger partial charge is 0.336 e. The minimum absolute atomic E-state index is 0.174. The third kappa shape index (κ3) is 3.44. The Morgan fingerprint density at radius 2 is 2.24 bits per heavy atom. The van der Waals surface area contributed by atoms with Crippen LogP contribution in [0.15, 0.2) is 6.20 Å². The number of piperazine rings is 1. The van der Waals surface area contributed by atoms with E-state index >= 15 is 0 Å². The van der Waals surface area contributed by atoms with E-state index in [-0.39, 0.29) is 5.91 Å². The van der Waals surface area contributed by atoms with Gasteiger partial charge in [0.25, 0.3) is 5.91 Å². The highest BCUT2D eigenvalue weighted by Gasteiger charge is 2.31. The average Bonchev–Trinajstić information content (AvgIpc) is 3.17. The summed E-state index contributed by atoms with van der Waals surface area (Å²) in [6, 6.07) is 0.541. The maximum Gasteiger partial charge on any atom is 0.265 e. The van der Waals surface area contributed by atoms with E-state index in [1.165, 1.54) is 0 Å². The molecule has 0 saturated carbocycles. The van der Waals surface area contributed by atoms with E-state index in [0.717, 1.165) is 68.4 Å². The van der Waals surface area contributed by atoms with Crippen molar-refractivity contribution in [2.75, 3.05) is 39.3 Å². The number of carbonyl (C=O) groups is 1. The lowest BCUT2D eigenvalue weighted by Gasteiger charge is -2.32. The smallest absolute Gasteiger partial charge is 0.265 e. The first-order chi connectivity index (χ1) is 10.3. The highest BCUT2D eigenvalue weighted by Crippen LogP contribution is 2.22. The number of carbonyl (C=O) groups excluding carboxylic acids is 1. The van der Waals surface area contributed by atoms with Crippen molar-refractivity contribution in [3.63, 3.8) is 0 Å². The van der Waals surface area contributed by atoms with Crippen LogP contribution in [-0.2, 0) is 6.42 Å². The number of hydrogen-bond donors (Lipinski definition) is 1. The maximum atomic E-state index is 12.6. The minimum Gasteiger partial charge on any atom is -0.336 e. The van der Waals surface area contributed by atoms with E-state index in [1.807, 2.05) is 4.90 Å². The van der Waals surface area contributed by atoms with Crippen molar-refractivity contribution in [3.8, 4) is 0 Å². The summed E-state index contributed by atoms with van der Waals surface area (Å²) in [5, 5.41) is 4.47. The first kappa shape index (κ1) is 14.9. The van der Waals surface area contributed by atoms with Crippen LogP contribution in [0.1, 0.15) is 34.4 Å². The summed E-state index contributed by atoms with van der Waals surface area (Å²) in [6.07, 6.45) is 4.92. The van der Waals surface area contributed by atoms with Gasteiger partial charge in [0.2, 0.25) is 0 Å². The Hall–Kier alpha value is -0.980. The number of nitrogens with zero attached hydrogens (tertiary/aromatic N) is 3. The second-order valence-electron chi connectivity index (χ2n) is 5.85. The molecule has 2 aliphatic rings. The molecule has 1 amide bonds. The molecule has 2 saturated heterocycles. The van der Waals surface area contributed by atoms with Gasteiger partial charge in [-0.2, -0.15) is 0 Å². The van der Waals surface area contributed by atoms with Gasteiger partial charge in [-0.05, 0) is 19.3 Å². The second-order valence-corrected chi connectivity index (χ2v) is 6.96. The highest BCUT2D eigenvalue weighted by molar-refractivity contribution is 7.13. The van der Waals surface area contributed by atoms with E-state index in [4.69, 9.17) is 0 Å². The molecule has 0 spiro atoms. The van der Waals surface area contributed by atoms with Crippen molar-refractivity contribution < 1.29 is 4.79 Å². The lowest BCUT2D eigenvalue weighted by molar-refractivity contribution is 0.0778. The zero-order valence-corrected chi connectivity index (χ0v) is 13.5. The van der Waals surface area contributed by atoms with Gasteiger partial charge in [0, 0.05) is 45.3 Å². The summed E-state index contributed by atoms with van der Waals surface area (Å²) in [7, 11) is 0. The first-order valence-electron chi connectivity index (χ1n) is 7.96. The van der Waals surface area contributed by atoms with Crippen LogP contribution in [0.5, 0.6) is 0 Å². The van der Waals surface area contributed by atoms with Crippen LogP contribution in [0, 0.1) is 0 Å². The average molecular weight is 308 g/mol. The standard InChI is InChI=1S/C15H24N4OS/c1-2-3-14-17-10-13(21-14)15(20)19-7-4-12(11-19)18-8-5-16-6-9-18/h10,12,16H,2-9,11H2,1H3. The van der Waals surface area contributed by atoms with Gasteiger partial charge in [-0.3, -0.25) is 9.69 Å². The zero-order valence-electron chi connectivity index (χ0n) is 12.7. The molecular weight excluding hydrogens is 284 g/mol. The predicted octanol–water partition coefficient (Wildman–Crippen LogP) is 1.22. The quantitative estimate of drug-likeness (QED) is 0.908. The summed E-state index contributed by atoms with van der Waals surface area (Å²) in [5.74, 6) is 0.174. The van der Waals surface area contributed by atoms with Gasteiger partial charge in [-0.15, -0.1) is 11.3 Å². The van der Waals surface area contributed by atoms with Crippen molar-refractivity contribution >= 4 is 17.2 Å². The van der Waals surface area contributed by atoms with Crippen LogP contribution in [-0.4, -0.2) is 66.0 Å². The summed E-state index contributed by atoms with van der Waals surface area (Å²) in [5.41, 5.74) is 0. The fourth-order valence-corrected chi connectivity index (χ4v) is 4.15. The third-order valence-electron chi connectivity index (χ3n) is 4.35. The van der Waals surface area contributed by atoms with E-state index in [2.05, 4.69) is 22.1 Å². The van der Waals surface area contributed by atoms with E-state index < -0.39 is 0 Å². The van der Waals surface area contributed by atoms with E-state index in [0.29, 0.717) is 6.04 Å². The number of aromatic nitrogens is 1. The molecule has 1 unspecified atom stereocenters. The fourth-order valence-electron chi connectivity index (χ4n) is 3.17. The first-order valence-corrected chi connectivity index (χ1v) is 8.78. The Labute approximate surface area is 130 Å². The molecule has 6 heteroatoms. The molecule has 1 atom stereocenters. The zero-order chi connectivity index (χ0) is 14.7. The fraction of sp³-hybridized carbons (Fsp3) is 0.733. The molecule has 2 fully saturated rings. The summed E-state index contributed by atoms with van der Waals surface area (Å²) in [4.78, 5) is 22.3. The Kier molecular flexibility index (Phi) is 4.87. The van der Waals surface area contributed by atoms with Gasteiger partial charge >= 0.3 is 0 Å². The molecule has 21 heavy (non-hydrogen) atoms. The molecule has 3 rings (SSSR count). The van der Waals surface area contributed by atoms with Gasteiger partial charge in [0.05, 0.1) is 11.2 Å². The van der Waals surface area contributed by atoms with Crippen molar-refractivity contribution in [1.29, 1.82) is 0 Å². The molecule has 116 valence electrons. The molecule has 1 aromatic rings. The molecule has 0 aromatic carbocycles. The molecule has 1 N–H and O–H groups in total. The normalized spacial score (nSPS) is 23.7.